The third kappa shape index (κ3) is 3.95. The molecule has 2 aliphatic rings. The van der Waals surface area contributed by atoms with Gasteiger partial charge in [-0.2, -0.15) is 8.42 Å². The fourth-order valence-electron chi connectivity index (χ4n) is 3.08. The number of hydrogen-bond donors (Lipinski definition) is 1. The Morgan fingerprint density at radius 3 is 2.76 bits per heavy atom. The van der Waals surface area contributed by atoms with Crippen LogP contribution < -0.4 is 5.32 Å². The Labute approximate surface area is 148 Å². The lowest BCUT2D eigenvalue weighted by Crippen LogP contribution is -2.50. The number of benzene rings is 1. The van der Waals surface area contributed by atoms with Crippen molar-refractivity contribution in [1.29, 1.82) is 0 Å². The van der Waals surface area contributed by atoms with Gasteiger partial charge in [0, 0.05) is 24.7 Å². The maximum atomic E-state index is 12.2. The summed E-state index contributed by atoms with van der Waals surface area (Å²) in [5.41, 5.74) is 0.0708. The van der Waals surface area contributed by atoms with E-state index in [0.717, 1.165) is 12.8 Å². The molecule has 0 radical (unpaired) electrons. The number of nitrogens with zero attached hydrogens (tertiary/aromatic N) is 2. The number of rotatable bonds is 1. The second-order valence-corrected chi connectivity index (χ2v) is 8.89. The molecule has 1 atom stereocenters. The number of hydrogen-bond acceptors (Lipinski definition) is 5. The highest BCUT2D eigenvalue weighted by Crippen LogP contribution is 2.28. The average Bonchev–Trinajstić information content (AvgIpc) is 2.78. The van der Waals surface area contributed by atoms with Gasteiger partial charge in [-0.3, -0.25) is 0 Å². The number of sulfonamides is 1. The number of amides is 1. The van der Waals surface area contributed by atoms with Crippen molar-refractivity contribution in [3.63, 3.8) is 0 Å². The summed E-state index contributed by atoms with van der Waals surface area (Å²) in [5.74, 6) is 0.464. The van der Waals surface area contributed by atoms with E-state index in [1.165, 1.54) is 0 Å². The molecule has 1 fully saturated rings. The van der Waals surface area contributed by atoms with Crippen molar-refractivity contribution in [2.75, 3.05) is 13.1 Å². The lowest BCUT2D eigenvalue weighted by atomic mass is 10.0. The number of carbonyl (C=O) groups excluding carboxylic acids is 1. The predicted octanol–water partition coefficient (Wildman–Crippen LogP) is 2.12. The Balaban J connectivity index is 1.74. The van der Waals surface area contributed by atoms with Crippen LogP contribution >= 0.6 is 0 Å². The van der Waals surface area contributed by atoms with Crippen molar-refractivity contribution in [1.82, 2.24) is 10.2 Å². The number of likely N-dealkylation sites (tertiary alicyclic amines) is 1. The molecule has 2 heterocycles. The van der Waals surface area contributed by atoms with Crippen LogP contribution in [-0.4, -0.2) is 50.0 Å². The van der Waals surface area contributed by atoms with Gasteiger partial charge in [-0.05, 0) is 45.7 Å². The molecule has 0 spiro atoms. The fourth-order valence-corrected chi connectivity index (χ4v) is 4.31. The molecule has 3 rings (SSSR count). The number of piperidine rings is 1. The van der Waals surface area contributed by atoms with E-state index >= 15 is 0 Å². The summed E-state index contributed by atoms with van der Waals surface area (Å²) >= 11 is 0. The molecule has 136 valence electrons. The molecule has 1 amide bonds. The smallest absolute Gasteiger partial charge is 0.407 e. The topological polar surface area (TPSA) is 88.1 Å². The largest absolute Gasteiger partial charge is 0.444 e. The van der Waals surface area contributed by atoms with E-state index in [2.05, 4.69) is 9.71 Å². The van der Waals surface area contributed by atoms with Gasteiger partial charge in [0.25, 0.3) is 10.0 Å². The van der Waals surface area contributed by atoms with Gasteiger partial charge >= 0.3 is 6.09 Å². The predicted molar refractivity (Wildman–Crippen MR) is 94.1 cm³/mol. The molecule has 1 aromatic carbocycles. The van der Waals surface area contributed by atoms with E-state index in [1.807, 2.05) is 25.7 Å². The minimum absolute atomic E-state index is 0.109. The first kappa shape index (κ1) is 17.7. The Bertz CT molecular complexity index is 811. The van der Waals surface area contributed by atoms with Gasteiger partial charge in [0.15, 0.2) is 5.84 Å². The van der Waals surface area contributed by atoms with Crippen LogP contribution in [0.4, 0.5) is 4.79 Å². The zero-order valence-corrected chi connectivity index (χ0v) is 15.5. The second-order valence-electron chi connectivity index (χ2n) is 7.32. The number of ether oxygens (including phenoxy) is 1. The first-order valence-corrected chi connectivity index (χ1v) is 9.78. The van der Waals surface area contributed by atoms with Crippen LogP contribution in [0, 0.1) is 0 Å². The molecule has 1 aromatic rings. The summed E-state index contributed by atoms with van der Waals surface area (Å²) in [6, 6.07) is 6.72. The number of alkyl carbamates (subject to hydrolysis) is 1. The van der Waals surface area contributed by atoms with Crippen LogP contribution in [0.25, 0.3) is 0 Å². The standard InChI is InChI=1S/C17H23N3O4S/c1-17(2,3)24-16(21)18-12-7-6-10-20(11-12)15-13-8-4-5-9-14(13)25(22,23)19-15/h4-5,8-9,12H,6-7,10-11H2,1-3H3,(H,18,21). The van der Waals surface area contributed by atoms with Crippen molar-refractivity contribution in [3.8, 4) is 0 Å². The maximum Gasteiger partial charge on any atom is 0.407 e. The molecule has 8 heteroatoms. The van der Waals surface area contributed by atoms with Gasteiger partial charge in [0.2, 0.25) is 0 Å². The van der Waals surface area contributed by atoms with Crippen molar-refractivity contribution in [2.24, 2.45) is 4.40 Å². The van der Waals surface area contributed by atoms with Gasteiger partial charge < -0.3 is 15.0 Å². The summed E-state index contributed by atoms with van der Waals surface area (Å²) in [7, 11) is -3.63. The minimum atomic E-state index is -3.63. The quantitative estimate of drug-likeness (QED) is 0.824. The van der Waals surface area contributed by atoms with Crippen LogP contribution in [0.1, 0.15) is 39.2 Å². The van der Waals surface area contributed by atoms with Gasteiger partial charge in [0.05, 0.1) is 0 Å². The van der Waals surface area contributed by atoms with Crippen LogP contribution in [0.2, 0.25) is 0 Å². The normalized spacial score (nSPS) is 22.1. The van der Waals surface area contributed by atoms with Gasteiger partial charge in [-0.1, -0.05) is 12.1 Å². The summed E-state index contributed by atoms with van der Waals surface area (Å²) in [5, 5.41) is 2.87. The Kier molecular flexibility index (Phi) is 4.49. The Morgan fingerprint density at radius 1 is 1.32 bits per heavy atom. The van der Waals surface area contributed by atoms with Gasteiger partial charge in [-0.15, -0.1) is 4.40 Å². The summed E-state index contributed by atoms with van der Waals surface area (Å²) < 4.78 is 33.7. The number of nitrogens with one attached hydrogen (secondary N) is 1. The Hall–Kier alpha value is -2.09. The molecule has 7 nitrogen and oxygen atoms in total. The molecule has 2 aliphatic heterocycles. The van der Waals surface area contributed by atoms with E-state index < -0.39 is 21.7 Å². The average molecular weight is 365 g/mol. The van der Waals surface area contributed by atoms with E-state index in [1.54, 1.807) is 24.3 Å². The summed E-state index contributed by atoms with van der Waals surface area (Å²) in [6.45, 7) is 6.65. The SMILES string of the molecule is CC(C)(C)OC(=O)NC1CCCN(C2=NS(=O)(=O)c3ccccc32)C1. The molecular formula is C17H23N3O4S. The van der Waals surface area contributed by atoms with Crippen molar-refractivity contribution in [2.45, 2.75) is 50.2 Å². The lowest BCUT2D eigenvalue weighted by molar-refractivity contribution is 0.0486. The van der Waals surface area contributed by atoms with E-state index in [9.17, 15) is 13.2 Å². The minimum Gasteiger partial charge on any atom is -0.444 e. The molecule has 0 aliphatic carbocycles. The molecule has 0 saturated carbocycles. The highest BCUT2D eigenvalue weighted by Gasteiger charge is 2.34. The molecule has 25 heavy (non-hydrogen) atoms. The fraction of sp³-hybridized carbons (Fsp3) is 0.529. The van der Waals surface area contributed by atoms with Gasteiger partial charge in [0.1, 0.15) is 10.5 Å². The highest BCUT2D eigenvalue weighted by atomic mass is 32.2. The monoisotopic (exact) mass is 365 g/mol. The van der Waals surface area contributed by atoms with E-state index in [-0.39, 0.29) is 10.9 Å². The number of amidine groups is 1. The molecule has 1 saturated heterocycles. The zero-order valence-electron chi connectivity index (χ0n) is 14.7. The first-order chi connectivity index (χ1) is 11.7. The molecule has 1 N–H and O–H groups in total. The zero-order chi connectivity index (χ0) is 18.2. The molecule has 0 aromatic heterocycles. The van der Waals surface area contributed by atoms with Crippen LogP contribution in [0.15, 0.2) is 33.6 Å². The number of fused-ring (bicyclic) bond motifs is 1. The number of carbonyl (C=O) groups is 1. The lowest BCUT2D eigenvalue weighted by Gasteiger charge is -2.34. The van der Waals surface area contributed by atoms with Crippen molar-refractivity contribution < 1.29 is 17.9 Å². The van der Waals surface area contributed by atoms with Crippen LogP contribution in [0.5, 0.6) is 0 Å². The summed E-state index contributed by atoms with van der Waals surface area (Å²) in [4.78, 5) is 14.1. The molecule has 0 bridgehead atoms. The van der Waals surface area contributed by atoms with Gasteiger partial charge in [-0.25, -0.2) is 4.79 Å². The third-order valence-electron chi connectivity index (χ3n) is 4.05. The summed E-state index contributed by atoms with van der Waals surface area (Å²) in [6.07, 6.45) is 1.19. The van der Waals surface area contributed by atoms with E-state index in [4.69, 9.17) is 4.74 Å². The Morgan fingerprint density at radius 2 is 2.04 bits per heavy atom. The maximum absolute atomic E-state index is 12.2. The first-order valence-electron chi connectivity index (χ1n) is 8.34. The highest BCUT2D eigenvalue weighted by molar-refractivity contribution is 7.90. The molecular weight excluding hydrogens is 342 g/mol. The molecule has 1 unspecified atom stereocenters. The van der Waals surface area contributed by atoms with E-state index in [0.29, 0.717) is 24.5 Å². The third-order valence-corrected chi connectivity index (χ3v) is 5.38. The van der Waals surface area contributed by atoms with Crippen LogP contribution in [-0.2, 0) is 14.8 Å². The van der Waals surface area contributed by atoms with Crippen molar-refractivity contribution in [3.05, 3.63) is 29.8 Å². The van der Waals surface area contributed by atoms with Crippen LogP contribution in [0.3, 0.4) is 0 Å². The second kappa shape index (κ2) is 6.33. The van der Waals surface area contributed by atoms with Crippen molar-refractivity contribution >= 4 is 22.0 Å².